The molecule has 1 amide bonds. The largest absolute Gasteiger partial charge is 0.496 e. The number of hydrogen-bond donors (Lipinski definition) is 1. The number of methoxy groups -OCH3 is 1. The van der Waals surface area contributed by atoms with Crippen molar-refractivity contribution in [1.29, 1.82) is 0 Å². The van der Waals surface area contributed by atoms with Crippen LogP contribution in [0.2, 0.25) is 0 Å². The fourth-order valence-corrected chi connectivity index (χ4v) is 3.97. The predicted octanol–water partition coefficient (Wildman–Crippen LogP) is 3.02. The van der Waals surface area contributed by atoms with Crippen molar-refractivity contribution in [2.45, 2.75) is 43.5 Å². The molecule has 2 aromatic carbocycles. The van der Waals surface area contributed by atoms with E-state index < -0.39 is 10.0 Å². The average molecular weight is 419 g/mol. The van der Waals surface area contributed by atoms with Gasteiger partial charge >= 0.3 is 0 Å². The summed E-state index contributed by atoms with van der Waals surface area (Å²) in [5.74, 6) is 0.515. The van der Waals surface area contributed by atoms with Crippen molar-refractivity contribution in [3.8, 4) is 5.75 Å². The van der Waals surface area contributed by atoms with Crippen LogP contribution >= 0.6 is 0 Å². The molecule has 0 spiro atoms. The smallest absolute Gasteiger partial charge is 0.242 e. The first-order valence-electron chi connectivity index (χ1n) is 9.66. The molecular weight excluding hydrogens is 388 g/mol. The van der Waals surface area contributed by atoms with Gasteiger partial charge in [-0.15, -0.1) is 0 Å². The summed E-state index contributed by atoms with van der Waals surface area (Å²) in [6.45, 7) is 1.99. The molecule has 0 aromatic heterocycles. The first-order chi connectivity index (χ1) is 13.7. The van der Waals surface area contributed by atoms with Crippen LogP contribution in [0.5, 0.6) is 5.75 Å². The third-order valence-electron chi connectivity index (χ3n) is 4.77. The highest BCUT2D eigenvalue weighted by Gasteiger charge is 2.19. The highest BCUT2D eigenvalue weighted by molar-refractivity contribution is 7.89. The minimum absolute atomic E-state index is 0.0602. The van der Waals surface area contributed by atoms with Gasteiger partial charge in [0.25, 0.3) is 0 Å². The number of hydrogen-bond acceptors (Lipinski definition) is 4. The van der Waals surface area contributed by atoms with E-state index in [1.807, 2.05) is 25.1 Å². The van der Waals surface area contributed by atoms with E-state index in [0.717, 1.165) is 12.8 Å². The summed E-state index contributed by atoms with van der Waals surface area (Å²) in [4.78, 5) is 12.5. The van der Waals surface area contributed by atoms with E-state index in [-0.39, 0.29) is 23.3 Å². The molecule has 2 rings (SSSR count). The number of aryl methyl sites for hydroxylation is 2. The summed E-state index contributed by atoms with van der Waals surface area (Å²) in [6.07, 6.45) is 2.42. The number of amides is 1. The molecule has 0 heterocycles. The van der Waals surface area contributed by atoms with Gasteiger partial charge in [0.2, 0.25) is 15.9 Å². The van der Waals surface area contributed by atoms with Crippen LogP contribution in [0.25, 0.3) is 0 Å². The van der Waals surface area contributed by atoms with Gasteiger partial charge in [-0.25, -0.2) is 12.7 Å². The maximum Gasteiger partial charge on any atom is 0.242 e. The highest BCUT2D eigenvalue weighted by Crippen LogP contribution is 2.25. The van der Waals surface area contributed by atoms with Gasteiger partial charge in [-0.05, 0) is 55.5 Å². The third-order valence-corrected chi connectivity index (χ3v) is 6.58. The quantitative estimate of drug-likeness (QED) is 0.644. The second kappa shape index (κ2) is 10.4. The Kier molecular flexibility index (Phi) is 8.22. The topological polar surface area (TPSA) is 75.7 Å². The molecule has 6 nitrogen and oxygen atoms in total. The molecule has 0 bridgehead atoms. The van der Waals surface area contributed by atoms with Crippen LogP contribution in [0.4, 0.5) is 0 Å². The molecule has 0 radical (unpaired) electrons. The average Bonchev–Trinajstić information content (AvgIpc) is 2.71. The Morgan fingerprint density at radius 2 is 1.79 bits per heavy atom. The normalized spacial score (nSPS) is 12.6. The summed E-state index contributed by atoms with van der Waals surface area (Å²) in [6, 6.07) is 15.0. The first-order valence-corrected chi connectivity index (χ1v) is 11.1. The van der Waals surface area contributed by atoms with Crippen LogP contribution in [-0.2, 0) is 27.7 Å². The minimum atomic E-state index is -3.54. The van der Waals surface area contributed by atoms with Crippen molar-refractivity contribution in [2.75, 3.05) is 21.2 Å². The van der Waals surface area contributed by atoms with Crippen molar-refractivity contribution in [2.24, 2.45) is 0 Å². The number of nitrogens with one attached hydrogen (secondary N) is 1. The number of carbonyl (C=O) groups excluding carboxylic acids is 1. The number of benzene rings is 2. The minimum Gasteiger partial charge on any atom is -0.496 e. The molecule has 1 N–H and O–H groups in total. The zero-order chi connectivity index (χ0) is 21.4. The molecule has 1 unspecified atom stereocenters. The Labute approximate surface area is 173 Å². The van der Waals surface area contributed by atoms with E-state index in [0.29, 0.717) is 17.7 Å². The van der Waals surface area contributed by atoms with Gasteiger partial charge in [-0.2, -0.15) is 0 Å². The van der Waals surface area contributed by atoms with Crippen molar-refractivity contribution >= 4 is 15.9 Å². The standard InChI is InChI=1S/C22H30N2O4S/c1-17(10-11-18-8-6-5-7-9-18)23-22(25)15-12-19-16-20(13-14-21(19)28-4)29(26,27)24(2)3/h5-9,13-14,16-17H,10-12,15H2,1-4H3,(H,23,25). The molecule has 29 heavy (non-hydrogen) atoms. The summed E-state index contributed by atoms with van der Waals surface area (Å²) >= 11 is 0. The van der Waals surface area contributed by atoms with Crippen molar-refractivity contribution in [1.82, 2.24) is 9.62 Å². The fraction of sp³-hybridized carbons (Fsp3) is 0.409. The van der Waals surface area contributed by atoms with E-state index in [9.17, 15) is 13.2 Å². The SMILES string of the molecule is COc1ccc(S(=O)(=O)N(C)C)cc1CCC(=O)NC(C)CCc1ccccc1. The van der Waals surface area contributed by atoms with Crippen molar-refractivity contribution in [3.05, 3.63) is 59.7 Å². The summed E-state index contributed by atoms with van der Waals surface area (Å²) < 4.78 is 31.2. The Balaban J connectivity index is 1.94. The number of carbonyl (C=O) groups is 1. The Morgan fingerprint density at radius 1 is 1.10 bits per heavy atom. The molecule has 1 atom stereocenters. The van der Waals surface area contributed by atoms with Crippen LogP contribution in [0, 0.1) is 0 Å². The molecule has 0 fully saturated rings. The predicted molar refractivity (Wildman–Crippen MR) is 115 cm³/mol. The second-order valence-corrected chi connectivity index (χ2v) is 9.41. The van der Waals surface area contributed by atoms with Crippen LogP contribution < -0.4 is 10.1 Å². The van der Waals surface area contributed by atoms with Gasteiger partial charge in [0.1, 0.15) is 5.75 Å². The van der Waals surface area contributed by atoms with Crippen LogP contribution in [0.15, 0.2) is 53.4 Å². The van der Waals surface area contributed by atoms with E-state index >= 15 is 0 Å². The summed E-state index contributed by atoms with van der Waals surface area (Å²) in [7, 11) is 0.973. The zero-order valence-electron chi connectivity index (χ0n) is 17.5. The van der Waals surface area contributed by atoms with Crippen LogP contribution in [-0.4, -0.2) is 45.9 Å². The van der Waals surface area contributed by atoms with E-state index in [2.05, 4.69) is 17.4 Å². The Bertz CT molecular complexity index is 912. The Hall–Kier alpha value is -2.38. The number of rotatable bonds is 10. The lowest BCUT2D eigenvalue weighted by Crippen LogP contribution is -2.33. The molecule has 0 saturated carbocycles. The Morgan fingerprint density at radius 3 is 2.41 bits per heavy atom. The van der Waals surface area contributed by atoms with Gasteiger partial charge in [0, 0.05) is 26.6 Å². The zero-order valence-corrected chi connectivity index (χ0v) is 18.3. The van der Waals surface area contributed by atoms with Gasteiger partial charge in [0.05, 0.1) is 12.0 Å². The van der Waals surface area contributed by atoms with Crippen LogP contribution in [0.1, 0.15) is 30.9 Å². The maximum absolute atomic E-state index is 12.4. The van der Waals surface area contributed by atoms with Gasteiger partial charge in [-0.3, -0.25) is 4.79 Å². The summed E-state index contributed by atoms with van der Waals surface area (Å²) in [5.41, 5.74) is 1.94. The molecule has 0 aliphatic heterocycles. The number of sulfonamides is 1. The van der Waals surface area contributed by atoms with Crippen LogP contribution in [0.3, 0.4) is 0 Å². The van der Waals surface area contributed by atoms with E-state index in [1.54, 1.807) is 12.1 Å². The molecule has 2 aromatic rings. The lowest BCUT2D eigenvalue weighted by molar-refractivity contribution is -0.121. The van der Waals surface area contributed by atoms with Crippen molar-refractivity contribution in [3.63, 3.8) is 0 Å². The molecular formula is C22H30N2O4S. The molecule has 0 saturated heterocycles. The number of nitrogens with zero attached hydrogens (tertiary/aromatic N) is 1. The lowest BCUT2D eigenvalue weighted by atomic mass is 10.1. The molecule has 0 aliphatic rings. The third kappa shape index (κ3) is 6.58. The van der Waals surface area contributed by atoms with Gasteiger partial charge in [-0.1, -0.05) is 30.3 Å². The molecule has 7 heteroatoms. The second-order valence-electron chi connectivity index (χ2n) is 7.25. The van der Waals surface area contributed by atoms with Gasteiger partial charge < -0.3 is 10.1 Å². The highest BCUT2D eigenvalue weighted by atomic mass is 32.2. The van der Waals surface area contributed by atoms with E-state index in [4.69, 9.17) is 4.74 Å². The molecule has 0 aliphatic carbocycles. The lowest BCUT2D eigenvalue weighted by Gasteiger charge is -2.16. The van der Waals surface area contributed by atoms with E-state index in [1.165, 1.54) is 37.1 Å². The van der Waals surface area contributed by atoms with Crippen molar-refractivity contribution < 1.29 is 17.9 Å². The maximum atomic E-state index is 12.4. The fourth-order valence-electron chi connectivity index (χ4n) is 3.02. The monoisotopic (exact) mass is 418 g/mol. The number of ether oxygens (including phenoxy) is 1. The molecule has 158 valence electrons. The first kappa shape index (κ1) is 22.9. The van der Waals surface area contributed by atoms with Gasteiger partial charge in [0.15, 0.2) is 0 Å². The summed E-state index contributed by atoms with van der Waals surface area (Å²) in [5, 5.41) is 3.01.